The number of hydrogen-bond acceptors (Lipinski definition) is 3. The summed E-state index contributed by atoms with van der Waals surface area (Å²) in [5, 5.41) is 0.604. The first-order valence-electron chi connectivity index (χ1n) is 6.39. The van der Waals surface area contributed by atoms with Gasteiger partial charge in [-0.1, -0.05) is 48.0 Å². The molecule has 2 rings (SSSR count). The van der Waals surface area contributed by atoms with Crippen molar-refractivity contribution >= 4 is 23.3 Å². The van der Waals surface area contributed by atoms with E-state index in [1.165, 1.54) is 0 Å². The predicted octanol–water partition coefficient (Wildman–Crippen LogP) is 3.60. The van der Waals surface area contributed by atoms with Gasteiger partial charge in [0.2, 0.25) is 0 Å². The third-order valence-electron chi connectivity index (χ3n) is 3.00. The van der Waals surface area contributed by atoms with E-state index in [0.717, 1.165) is 11.1 Å². The summed E-state index contributed by atoms with van der Waals surface area (Å²) in [6, 6.07) is 14.8. The van der Waals surface area contributed by atoms with Crippen molar-refractivity contribution in [1.29, 1.82) is 0 Å². The highest BCUT2D eigenvalue weighted by Crippen LogP contribution is 2.17. The zero-order chi connectivity index (χ0) is 14.4. The van der Waals surface area contributed by atoms with Gasteiger partial charge in [0.25, 0.3) is 0 Å². The molecule has 104 valence electrons. The highest BCUT2D eigenvalue weighted by Gasteiger charge is 2.07. The summed E-state index contributed by atoms with van der Waals surface area (Å²) in [6.07, 6.45) is 0.882. The van der Waals surface area contributed by atoms with Gasteiger partial charge in [0.1, 0.15) is 6.61 Å². The van der Waals surface area contributed by atoms with Gasteiger partial charge in [-0.15, -0.1) is 0 Å². The number of halogens is 1. The molecule has 2 aromatic rings. The molecule has 0 radical (unpaired) electrons. The van der Waals surface area contributed by atoms with Crippen LogP contribution in [-0.4, -0.2) is 5.97 Å². The lowest BCUT2D eigenvalue weighted by atomic mass is 10.1. The second-order valence-corrected chi connectivity index (χ2v) is 4.86. The van der Waals surface area contributed by atoms with Gasteiger partial charge in [-0.25, -0.2) is 0 Å². The third-order valence-corrected chi connectivity index (χ3v) is 3.37. The van der Waals surface area contributed by atoms with Crippen LogP contribution in [0.5, 0.6) is 0 Å². The summed E-state index contributed by atoms with van der Waals surface area (Å²) in [7, 11) is 0. The van der Waals surface area contributed by atoms with E-state index in [-0.39, 0.29) is 12.6 Å². The summed E-state index contributed by atoms with van der Waals surface area (Å²) >= 11 is 5.99. The molecule has 0 bridgehead atoms. The van der Waals surface area contributed by atoms with Crippen molar-refractivity contribution in [1.82, 2.24) is 0 Å². The van der Waals surface area contributed by atoms with E-state index in [1.54, 1.807) is 6.07 Å². The van der Waals surface area contributed by atoms with Crippen molar-refractivity contribution in [2.24, 2.45) is 0 Å². The Morgan fingerprint density at radius 2 is 1.70 bits per heavy atom. The Kier molecular flexibility index (Phi) is 5.02. The molecule has 3 nitrogen and oxygen atoms in total. The van der Waals surface area contributed by atoms with Crippen LogP contribution >= 0.6 is 11.6 Å². The standard InChI is InChI=1S/C16H16ClNO2/c17-14-7-3-1-6-13(14)11-20-16(19)10-9-12-5-2-4-8-15(12)18/h1-8H,9-11,18H2. The number of rotatable bonds is 5. The minimum absolute atomic E-state index is 0.197. The molecule has 0 atom stereocenters. The van der Waals surface area contributed by atoms with Crippen LogP contribution in [0.15, 0.2) is 48.5 Å². The molecule has 0 heterocycles. The van der Waals surface area contributed by atoms with Gasteiger partial charge in [0, 0.05) is 22.7 Å². The van der Waals surface area contributed by atoms with Crippen LogP contribution in [0.3, 0.4) is 0 Å². The fourth-order valence-electron chi connectivity index (χ4n) is 1.84. The fraction of sp³-hybridized carbons (Fsp3) is 0.188. The van der Waals surface area contributed by atoms with E-state index >= 15 is 0 Å². The molecule has 0 aliphatic rings. The van der Waals surface area contributed by atoms with Crippen LogP contribution < -0.4 is 5.73 Å². The van der Waals surface area contributed by atoms with E-state index in [0.29, 0.717) is 23.6 Å². The maximum Gasteiger partial charge on any atom is 0.306 e. The first-order chi connectivity index (χ1) is 9.66. The van der Waals surface area contributed by atoms with Crippen molar-refractivity contribution in [2.75, 3.05) is 5.73 Å². The maximum atomic E-state index is 11.7. The predicted molar refractivity (Wildman–Crippen MR) is 80.4 cm³/mol. The first-order valence-corrected chi connectivity index (χ1v) is 6.77. The zero-order valence-corrected chi connectivity index (χ0v) is 11.8. The number of para-hydroxylation sites is 1. The van der Waals surface area contributed by atoms with Crippen LogP contribution in [0.25, 0.3) is 0 Å². The van der Waals surface area contributed by atoms with Gasteiger partial charge in [0.05, 0.1) is 0 Å². The highest BCUT2D eigenvalue weighted by atomic mass is 35.5. The van der Waals surface area contributed by atoms with E-state index in [9.17, 15) is 4.79 Å². The molecule has 0 saturated heterocycles. The van der Waals surface area contributed by atoms with E-state index in [1.807, 2.05) is 42.5 Å². The summed E-state index contributed by atoms with van der Waals surface area (Å²) in [5.74, 6) is -0.256. The van der Waals surface area contributed by atoms with Crippen molar-refractivity contribution in [3.63, 3.8) is 0 Å². The molecular weight excluding hydrogens is 274 g/mol. The Labute approximate surface area is 123 Å². The van der Waals surface area contributed by atoms with Crippen LogP contribution in [-0.2, 0) is 22.6 Å². The Morgan fingerprint density at radius 1 is 1.05 bits per heavy atom. The Bertz CT molecular complexity index is 547. The summed E-state index contributed by atoms with van der Waals surface area (Å²) < 4.78 is 5.21. The van der Waals surface area contributed by atoms with Crippen molar-refractivity contribution in [3.8, 4) is 0 Å². The summed E-state index contributed by atoms with van der Waals surface area (Å²) in [4.78, 5) is 11.7. The Balaban J connectivity index is 1.82. The molecule has 4 heteroatoms. The van der Waals surface area contributed by atoms with E-state index < -0.39 is 0 Å². The Morgan fingerprint density at radius 3 is 2.40 bits per heavy atom. The van der Waals surface area contributed by atoms with Gasteiger partial charge in [-0.2, -0.15) is 0 Å². The minimum atomic E-state index is -0.256. The number of carbonyl (C=O) groups excluding carboxylic acids is 1. The number of hydrogen-bond donors (Lipinski definition) is 1. The van der Waals surface area contributed by atoms with Crippen LogP contribution in [0.1, 0.15) is 17.5 Å². The van der Waals surface area contributed by atoms with Crippen molar-refractivity contribution < 1.29 is 9.53 Å². The largest absolute Gasteiger partial charge is 0.461 e. The first kappa shape index (κ1) is 14.4. The summed E-state index contributed by atoms with van der Waals surface area (Å²) in [5.41, 5.74) is 8.29. The van der Waals surface area contributed by atoms with Gasteiger partial charge in [-0.3, -0.25) is 4.79 Å². The molecule has 2 aromatic carbocycles. The molecule has 0 fully saturated rings. The average molecular weight is 290 g/mol. The maximum absolute atomic E-state index is 11.7. The second-order valence-electron chi connectivity index (χ2n) is 4.45. The average Bonchev–Trinajstić information content (AvgIpc) is 2.45. The molecule has 0 unspecified atom stereocenters. The number of carbonyl (C=O) groups is 1. The third kappa shape index (κ3) is 4.00. The normalized spacial score (nSPS) is 10.2. The van der Waals surface area contributed by atoms with Gasteiger partial charge >= 0.3 is 5.97 Å². The van der Waals surface area contributed by atoms with E-state index in [4.69, 9.17) is 22.1 Å². The number of nitrogen functional groups attached to an aromatic ring is 1. The summed E-state index contributed by atoms with van der Waals surface area (Å²) in [6.45, 7) is 0.197. The fourth-order valence-corrected chi connectivity index (χ4v) is 2.03. The van der Waals surface area contributed by atoms with Crippen molar-refractivity contribution in [2.45, 2.75) is 19.4 Å². The lowest BCUT2D eigenvalue weighted by Gasteiger charge is -2.07. The molecule has 0 aliphatic heterocycles. The number of aryl methyl sites for hydroxylation is 1. The van der Waals surface area contributed by atoms with Gasteiger partial charge < -0.3 is 10.5 Å². The molecule has 20 heavy (non-hydrogen) atoms. The van der Waals surface area contributed by atoms with Crippen molar-refractivity contribution in [3.05, 3.63) is 64.7 Å². The molecule has 0 amide bonds. The topological polar surface area (TPSA) is 52.3 Å². The minimum Gasteiger partial charge on any atom is -0.461 e. The lowest BCUT2D eigenvalue weighted by Crippen LogP contribution is -2.07. The number of benzene rings is 2. The van der Waals surface area contributed by atoms with Gasteiger partial charge in [-0.05, 0) is 24.1 Å². The highest BCUT2D eigenvalue weighted by molar-refractivity contribution is 6.31. The lowest BCUT2D eigenvalue weighted by molar-refractivity contribution is -0.144. The van der Waals surface area contributed by atoms with E-state index in [2.05, 4.69) is 0 Å². The number of ether oxygens (including phenoxy) is 1. The zero-order valence-electron chi connectivity index (χ0n) is 11.0. The quantitative estimate of drug-likeness (QED) is 0.676. The number of anilines is 1. The van der Waals surface area contributed by atoms with Crippen LogP contribution in [0, 0.1) is 0 Å². The molecule has 0 saturated carbocycles. The molecule has 0 aromatic heterocycles. The van der Waals surface area contributed by atoms with Gasteiger partial charge in [0.15, 0.2) is 0 Å². The molecular formula is C16H16ClNO2. The molecule has 0 aliphatic carbocycles. The number of esters is 1. The molecule has 2 N–H and O–H groups in total. The molecule has 0 spiro atoms. The monoisotopic (exact) mass is 289 g/mol. The SMILES string of the molecule is Nc1ccccc1CCC(=O)OCc1ccccc1Cl. The number of nitrogens with two attached hydrogens (primary N) is 1. The Hall–Kier alpha value is -2.00. The second kappa shape index (κ2) is 6.96. The van der Waals surface area contributed by atoms with Crippen LogP contribution in [0.2, 0.25) is 5.02 Å². The van der Waals surface area contributed by atoms with Crippen LogP contribution in [0.4, 0.5) is 5.69 Å². The smallest absolute Gasteiger partial charge is 0.306 e.